The summed E-state index contributed by atoms with van der Waals surface area (Å²) >= 11 is 0. The third kappa shape index (κ3) is 6.76. The zero-order valence-corrected chi connectivity index (χ0v) is 21.0. The molecule has 0 N–H and O–H groups in total. The van der Waals surface area contributed by atoms with E-state index < -0.39 is 17.6 Å². The molecule has 0 radical (unpaired) electrons. The second kappa shape index (κ2) is 11.9. The number of carbonyl (C=O) groups is 2. The lowest BCUT2D eigenvalue weighted by Gasteiger charge is -2.29. The highest BCUT2D eigenvalue weighted by atomic mass is 16.6. The Morgan fingerprint density at radius 1 is 0.514 bits per heavy atom. The van der Waals surface area contributed by atoms with Crippen LogP contribution < -0.4 is 9.80 Å². The van der Waals surface area contributed by atoms with Crippen molar-refractivity contribution < 1.29 is 19.1 Å². The first kappa shape index (κ1) is 25.5. The van der Waals surface area contributed by atoms with E-state index in [1.807, 2.05) is 135 Å². The summed E-state index contributed by atoms with van der Waals surface area (Å²) in [5, 5.41) is 0. The minimum Gasteiger partial charge on any atom is -0.448 e. The lowest BCUT2D eigenvalue weighted by Crippen LogP contribution is -2.35. The smallest absolute Gasteiger partial charge is 0.418 e. The van der Waals surface area contributed by atoms with Gasteiger partial charge in [0.05, 0.1) is 22.7 Å². The van der Waals surface area contributed by atoms with Crippen LogP contribution in [0.5, 0.6) is 0 Å². The van der Waals surface area contributed by atoms with Crippen molar-refractivity contribution in [1.82, 2.24) is 0 Å². The standard InChI is InChI=1S/C31H30N2O4/c1-31(2,23-36-29(34)32(25-15-7-3-8-16-25)26-17-9-4-10-18-26)24-37-30(35)33(27-19-11-5-12-20-27)28-21-13-6-14-22-28/h3-22H,23-24H2,1-2H3. The molecule has 0 heterocycles. The van der Waals surface area contributed by atoms with Gasteiger partial charge in [0.25, 0.3) is 0 Å². The van der Waals surface area contributed by atoms with Crippen LogP contribution in [0, 0.1) is 5.41 Å². The molecule has 188 valence electrons. The van der Waals surface area contributed by atoms with Crippen LogP contribution in [0.4, 0.5) is 32.3 Å². The second-order valence-corrected chi connectivity index (χ2v) is 9.29. The molecule has 4 aromatic rings. The van der Waals surface area contributed by atoms with Gasteiger partial charge in [-0.1, -0.05) is 86.6 Å². The summed E-state index contributed by atoms with van der Waals surface area (Å²) in [6.45, 7) is 3.90. The highest BCUT2D eigenvalue weighted by molar-refractivity contribution is 5.96. The van der Waals surface area contributed by atoms with E-state index in [0.717, 1.165) is 0 Å². The molecule has 0 bridgehead atoms. The number of amides is 2. The average Bonchev–Trinajstić information content (AvgIpc) is 2.94. The topological polar surface area (TPSA) is 59.1 Å². The first-order chi connectivity index (χ1) is 17.9. The predicted molar refractivity (Wildman–Crippen MR) is 147 cm³/mol. The maximum absolute atomic E-state index is 13.2. The van der Waals surface area contributed by atoms with Gasteiger partial charge in [-0.15, -0.1) is 0 Å². The molecule has 0 saturated carbocycles. The van der Waals surface area contributed by atoms with Crippen LogP contribution in [-0.4, -0.2) is 25.4 Å². The number of anilines is 4. The summed E-state index contributed by atoms with van der Waals surface area (Å²) in [6.07, 6.45) is -1.01. The fourth-order valence-corrected chi connectivity index (χ4v) is 3.71. The van der Waals surface area contributed by atoms with Gasteiger partial charge >= 0.3 is 12.2 Å². The van der Waals surface area contributed by atoms with Gasteiger partial charge in [0.2, 0.25) is 0 Å². The van der Waals surface area contributed by atoms with Crippen molar-refractivity contribution in [1.29, 1.82) is 0 Å². The van der Waals surface area contributed by atoms with Gasteiger partial charge in [0.15, 0.2) is 0 Å². The predicted octanol–water partition coefficient (Wildman–Crippen LogP) is 7.96. The van der Waals surface area contributed by atoms with E-state index >= 15 is 0 Å². The van der Waals surface area contributed by atoms with Gasteiger partial charge in [0.1, 0.15) is 13.2 Å². The molecule has 4 aromatic carbocycles. The molecule has 0 aliphatic carbocycles. The number of ether oxygens (including phenoxy) is 2. The van der Waals surface area contributed by atoms with Gasteiger partial charge in [-0.05, 0) is 48.5 Å². The third-order valence-electron chi connectivity index (χ3n) is 5.60. The minimum atomic E-state index is -0.622. The van der Waals surface area contributed by atoms with E-state index in [9.17, 15) is 9.59 Å². The fraction of sp³-hybridized carbons (Fsp3) is 0.161. The summed E-state index contributed by atoms with van der Waals surface area (Å²) < 4.78 is 11.4. The zero-order valence-electron chi connectivity index (χ0n) is 21.0. The number of rotatable bonds is 8. The van der Waals surface area contributed by atoms with E-state index in [4.69, 9.17) is 9.47 Å². The number of carbonyl (C=O) groups excluding carboxylic acids is 2. The van der Waals surface area contributed by atoms with E-state index in [-0.39, 0.29) is 13.2 Å². The fourth-order valence-electron chi connectivity index (χ4n) is 3.71. The van der Waals surface area contributed by atoms with Crippen molar-refractivity contribution in [2.75, 3.05) is 23.0 Å². The summed E-state index contributed by atoms with van der Waals surface area (Å²) in [6, 6.07) is 37.3. The Morgan fingerprint density at radius 3 is 1.00 bits per heavy atom. The van der Waals surface area contributed by atoms with Crippen molar-refractivity contribution in [2.24, 2.45) is 5.41 Å². The van der Waals surface area contributed by atoms with Crippen molar-refractivity contribution >= 4 is 34.9 Å². The molecule has 0 fully saturated rings. The molecule has 0 aliphatic heterocycles. The minimum absolute atomic E-state index is 0.0615. The number of hydrogen-bond donors (Lipinski definition) is 0. The highest BCUT2D eigenvalue weighted by Crippen LogP contribution is 2.29. The maximum Gasteiger partial charge on any atom is 0.418 e. The van der Waals surface area contributed by atoms with E-state index in [2.05, 4.69) is 0 Å². The van der Waals surface area contributed by atoms with Gasteiger partial charge in [-0.25, -0.2) is 19.4 Å². The molecular formula is C31H30N2O4. The molecule has 0 saturated heterocycles. The first-order valence-electron chi connectivity index (χ1n) is 12.1. The van der Waals surface area contributed by atoms with Crippen LogP contribution in [0.25, 0.3) is 0 Å². The summed E-state index contributed by atoms with van der Waals surface area (Å²) in [5.74, 6) is 0. The molecule has 0 spiro atoms. The largest absolute Gasteiger partial charge is 0.448 e. The van der Waals surface area contributed by atoms with Crippen molar-refractivity contribution in [3.05, 3.63) is 121 Å². The molecule has 0 unspecified atom stereocenters. The number of benzene rings is 4. The number of nitrogens with zero attached hydrogens (tertiary/aromatic N) is 2. The van der Waals surface area contributed by atoms with E-state index in [1.54, 1.807) is 0 Å². The molecule has 2 amide bonds. The van der Waals surface area contributed by atoms with E-state index in [1.165, 1.54) is 9.80 Å². The second-order valence-electron chi connectivity index (χ2n) is 9.29. The van der Waals surface area contributed by atoms with Gasteiger partial charge < -0.3 is 9.47 Å². The Morgan fingerprint density at radius 2 is 0.757 bits per heavy atom. The van der Waals surface area contributed by atoms with Gasteiger partial charge in [-0.2, -0.15) is 0 Å². The molecule has 0 aliphatic rings. The van der Waals surface area contributed by atoms with Crippen molar-refractivity contribution in [3.63, 3.8) is 0 Å². The van der Waals surface area contributed by atoms with Crippen LogP contribution in [0.15, 0.2) is 121 Å². The lowest BCUT2D eigenvalue weighted by molar-refractivity contribution is 0.0529. The number of para-hydroxylation sites is 4. The monoisotopic (exact) mass is 494 g/mol. The molecule has 6 heteroatoms. The molecule has 6 nitrogen and oxygen atoms in total. The summed E-state index contributed by atoms with van der Waals surface area (Å²) in [7, 11) is 0. The quantitative estimate of drug-likeness (QED) is 0.249. The molecule has 4 rings (SSSR count). The normalized spacial score (nSPS) is 10.9. The van der Waals surface area contributed by atoms with Crippen LogP contribution in [0.1, 0.15) is 13.8 Å². The maximum atomic E-state index is 13.2. The molecular weight excluding hydrogens is 464 g/mol. The zero-order chi connectivity index (χ0) is 26.1. The Kier molecular flexibility index (Phi) is 8.21. The van der Waals surface area contributed by atoms with Gasteiger partial charge in [0, 0.05) is 5.41 Å². The Balaban J connectivity index is 1.43. The lowest BCUT2D eigenvalue weighted by atomic mass is 9.96. The number of hydrogen-bond acceptors (Lipinski definition) is 4. The van der Waals surface area contributed by atoms with Crippen LogP contribution in [0.2, 0.25) is 0 Å². The van der Waals surface area contributed by atoms with Gasteiger partial charge in [-0.3, -0.25) is 0 Å². The van der Waals surface area contributed by atoms with Crippen LogP contribution >= 0.6 is 0 Å². The Labute approximate surface area is 217 Å². The molecule has 37 heavy (non-hydrogen) atoms. The average molecular weight is 495 g/mol. The Hall–Kier alpha value is -4.58. The van der Waals surface area contributed by atoms with Crippen molar-refractivity contribution in [3.8, 4) is 0 Å². The SMILES string of the molecule is CC(C)(COC(=O)N(c1ccccc1)c1ccccc1)COC(=O)N(c1ccccc1)c1ccccc1. The summed E-state index contributed by atoms with van der Waals surface area (Å²) in [5.41, 5.74) is 2.17. The Bertz CT molecular complexity index is 1100. The molecule has 0 atom stereocenters. The van der Waals surface area contributed by atoms with Crippen LogP contribution in [0.3, 0.4) is 0 Å². The summed E-state index contributed by atoms with van der Waals surface area (Å²) in [4.78, 5) is 29.4. The first-order valence-corrected chi connectivity index (χ1v) is 12.1. The van der Waals surface area contributed by atoms with E-state index in [0.29, 0.717) is 22.7 Å². The van der Waals surface area contributed by atoms with Crippen molar-refractivity contribution in [2.45, 2.75) is 13.8 Å². The highest BCUT2D eigenvalue weighted by Gasteiger charge is 2.28. The van der Waals surface area contributed by atoms with Crippen LogP contribution in [-0.2, 0) is 9.47 Å². The third-order valence-corrected chi connectivity index (χ3v) is 5.60. The molecule has 0 aromatic heterocycles.